The van der Waals surface area contributed by atoms with Crippen LogP contribution in [0.5, 0.6) is 0 Å². The van der Waals surface area contributed by atoms with Gasteiger partial charge in [0.05, 0.1) is 0 Å². The minimum Gasteiger partial charge on any atom is -0.363 e. The molecule has 5 nitrogen and oxygen atoms in total. The topological polar surface area (TPSA) is 98.2 Å². The summed E-state index contributed by atoms with van der Waals surface area (Å²) in [6, 6.07) is 0.566. The Bertz CT molecular complexity index is 713. The van der Waals surface area contributed by atoms with Crippen LogP contribution in [0.2, 0.25) is 0 Å². The van der Waals surface area contributed by atoms with Crippen LogP contribution in [0, 0.1) is 29.3 Å². The highest BCUT2D eigenvalue weighted by atomic mass is 19.2. The lowest BCUT2D eigenvalue weighted by atomic mass is 9.73. The van der Waals surface area contributed by atoms with E-state index in [2.05, 4.69) is 5.32 Å². The van der Waals surface area contributed by atoms with Gasteiger partial charge in [-0.25, -0.2) is 13.2 Å². The van der Waals surface area contributed by atoms with Crippen LogP contribution < -0.4 is 16.8 Å². The van der Waals surface area contributed by atoms with Gasteiger partial charge >= 0.3 is 0 Å². The predicted molar refractivity (Wildman–Crippen MR) is 83.7 cm³/mol. The van der Waals surface area contributed by atoms with Gasteiger partial charge in [0.15, 0.2) is 11.6 Å². The van der Waals surface area contributed by atoms with Gasteiger partial charge in [-0.2, -0.15) is 0 Å². The summed E-state index contributed by atoms with van der Waals surface area (Å²) < 4.78 is 40.3. The van der Waals surface area contributed by atoms with Gasteiger partial charge < -0.3 is 16.8 Å². The van der Waals surface area contributed by atoms with E-state index in [1.54, 1.807) is 0 Å². The summed E-state index contributed by atoms with van der Waals surface area (Å²) >= 11 is 0. The van der Waals surface area contributed by atoms with Gasteiger partial charge in [-0.15, -0.1) is 0 Å². The molecule has 0 spiro atoms. The highest BCUT2D eigenvalue weighted by Gasteiger charge is 2.48. The number of carbonyl (C=O) groups is 2. The lowest BCUT2D eigenvalue weighted by Crippen LogP contribution is -2.56. The summed E-state index contributed by atoms with van der Waals surface area (Å²) in [5.41, 5.74) is 11.3. The van der Waals surface area contributed by atoms with E-state index < -0.39 is 41.1 Å². The van der Waals surface area contributed by atoms with Crippen LogP contribution in [0.1, 0.15) is 24.8 Å². The number of rotatable bonds is 5. The Hall–Kier alpha value is -1.93. The number of piperidine rings is 1. The maximum absolute atomic E-state index is 13.9. The third-order valence-electron chi connectivity index (χ3n) is 5.37. The zero-order valence-electron chi connectivity index (χ0n) is 13.5. The molecule has 2 aliphatic rings. The summed E-state index contributed by atoms with van der Waals surface area (Å²) in [6.45, 7) is 0. The second-order valence-electron chi connectivity index (χ2n) is 6.93. The first kappa shape index (κ1) is 17.9. The van der Waals surface area contributed by atoms with Crippen LogP contribution in [0.4, 0.5) is 13.2 Å². The summed E-state index contributed by atoms with van der Waals surface area (Å²) in [4.78, 5) is 23.7. The van der Waals surface area contributed by atoms with E-state index in [-0.39, 0.29) is 30.0 Å². The lowest BCUT2D eigenvalue weighted by molar-refractivity contribution is -0.141. The molecule has 2 aliphatic heterocycles. The van der Waals surface area contributed by atoms with Crippen molar-refractivity contribution in [2.45, 2.75) is 43.8 Å². The molecule has 8 heteroatoms. The van der Waals surface area contributed by atoms with Crippen LogP contribution in [0.25, 0.3) is 0 Å². The minimum atomic E-state index is -1.27. The third kappa shape index (κ3) is 3.41. The number of benzene rings is 1. The quantitative estimate of drug-likeness (QED) is 0.537. The number of nitrogens with two attached hydrogens (primary N) is 2. The molecule has 2 fully saturated rings. The fraction of sp³-hybridized carbons (Fsp3) is 0.529. The largest absolute Gasteiger partial charge is 0.363 e. The maximum Gasteiger partial charge on any atom is 0.285 e. The van der Waals surface area contributed by atoms with E-state index >= 15 is 0 Å². The Morgan fingerprint density at radius 1 is 1.16 bits per heavy atom. The smallest absolute Gasteiger partial charge is 0.285 e. The molecule has 25 heavy (non-hydrogen) atoms. The van der Waals surface area contributed by atoms with E-state index in [1.165, 1.54) is 0 Å². The summed E-state index contributed by atoms with van der Waals surface area (Å²) in [5.74, 6) is -6.08. The second kappa shape index (κ2) is 6.76. The van der Waals surface area contributed by atoms with E-state index in [1.807, 2.05) is 0 Å². The van der Waals surface area contributed by atoms with Crippen LogP contribution in [-0.4, -0.2) is 29.8 Å². The molecule has 0 saturated carbocycles. The lowest BCUT2D eigenvalue weighted by Gasteiger charge is -2.39. The number of Topliss-reactive ketones (excluding diaryl/α,β-unsaturated/α-hetero) is 1. The number of hydrogen-bond acceptors (Lipinski definition) is 4. The van der Waals surface area contributed by atoms with Gasteiger partial charge in [0.2, 0.25) is 5.78 Å². The number of hydrogen-bond donors (Lipinski definition) is 3. The van der Waals surface area contributed by atoms with Crippen LogP contribution in [0.3, 0.4) is 0 Å². The van der Waals surface area contributed by atoms with E-state index in [0.29, 0.717) is 12.5 Å². The molecule has 5 atom stereocenters. The summed E-state index contributed by atoms with van der Waals surface area (Å²) in [5, 5.41) is 3.29. The molecule has 2 bridgehead atoms. The number of fused-ring (bicyclic) bond motifs is 2. The monoisotopic (exact) mass is 355 g/mol. The summed E-state index contributed by atoms with van der Waals surface area (Å²) in [6.07, 6.45) is 2.08. The minimum absolute atomic E-state index is 0.0532. The molecule has 0 radical (unpaired) electrons. The molecule has 5 N–H and O–H groups in total. The standard InChI is InChI=1S/C17H20F3N3O2/c18-10-6-12(20)11(19)3-7(10)4-13(21)9-5-8-1-2-14(23-8)15(9)16(24)17(22)25/h3,6,8-9,13-15,23H,1-2,4-5,21H2,(H2,22,25)/t8?,9?,13-,14?,15?/m1/s1. The molecule has 4 unspecified atom stereocenters. The fourth-order valence-electron chi connectivity index (χ4n) is 4.20. The Kier molecular flexibility index (Phi) is 4.83. The molecule has 1 aromatic carbocycles. The van der Waals surface area contributed by atoms with Gasteiger partial charge in [0, 0.05) is 30.1 Å². The highest BCUT2D eigenvalue weighted by molar-refractivity contribution is 6.36. The van der Waals surface area contributed by atoms with Crippen molar-refractivity contribution >= 4 is 11.7 Å². The van der Waals surface area contributed by atoms with Crippen LogP contribution >= 0.6 is 0 Å². The number of amides is 1. The molecule has 2 saturated heterocycles. The van der Waals surface area contributed by atoms with Crippen molar-refractivity contribution in [1.29, 1.82) is 0 Å². The molecule has 1 amide bonds. The molecule has 3 rings (SSSR count). The number of nitrogens with one attached hydrogen (secondary N) is 1. The van der Waals surface area contributed by atoms with E-state index in [0.717, 1.165) is 18.9 Å². The molecule has 136 valence electrons. The van der Waals surface area contributed by atoms with Gasteiger partial charge in [-0.1, -0.05) is 0 Å². The SMILES string of the molecule is NC(=O)C(=O)C1C2CCC(CC1[C@H](N)Cc1cc(F)c(F)cc1F)N2. The second-order valence-corrected chi connectivity index (χ2v) is 6.93. The van der Waals surface area contributed by atoms with Gasteiger partial charge in [0.25, 0.3) is 5.91 Å². The van der Waals surface area contributed by atoms with E-state index in [9.17, 15) is 22.8 Å². The number of halogens is 3. The maximum atomic E-state index is 13.9. The number of primary amides is 1. The van der Waals surface area contributed by atoms with Crippen molar-refractivity contribution in [3.63, 3.8) is 0 Å². The zero-order valence-corrected chi connectivity index (χ0v) is 13.5. The molecular weight excluding hydrogens is 335 g/mol. The number of ketones is 1. The van der Waals surface area contributed by atoms with Crippen LogP contribution in [-0.2, 0) is 16.0 Å². The average molecular weight is 355 g/mol. The average Bonchev–Trinajstić information content (AvgIpc) is 2.93. The Balaban J connectivity index is 1.84. The van der Waals surface area contributed by atoms with Crippen molar-refractivity contribution in [2.24, 2.45) is 23.3 Å². The highest BCUT2D eigenvalue weighted by Crippen LogP contribution is 2.38. The van der Waals surface area contributed by atoms with Crippen molar-refractivity contribution in [3.05, 3.63) is 35.1 Å². The van der Waals surface area contributed by atoms with Crippen LogP contribution in [0.15, 0.2) is 12.1 Å². The Labute approximate surface area is 142 Å². The third-order valence-corrected chi connectivity index (χ3v) is 5.37. The van der Waals surface area contributed by atoms with Gasteiger partial charge in [-0.3, -0.25) is 9.59 Å². The molecular formula is C17H20F3N3O2. The Morgan fingerprint density at radius 2 is 1.84 bits per heavy atom. The van der Waals surface area contributed by atoms with Crippen molar-refractivity contribution in [3.8, 4) is 0 Å². The first-order valence-electron chi connectivity index (χ1n) is 8.26. The predicted octanol–water partition coefficient (Wildman–Crippen LogP) is 0.785. The van der Waals surface area contributed by atoms with Gasteiger partial charge in [-0.05, 0) is 43.2 Å². The number of carbonyl (C=O) groups excluding carboxylic acids is 2. The zero-order chi connectivity index (χ0) is 18.3. The Morgan fingerprint density at radius 3 is 2.52 bits per heavy atom. The van der Waals surface area contributed by atoms with Gasteiger partial charge in [0.1, 0.15) is 5.82 Å². The van der Waals surface area contributed by atoms with Crippen molar-refractivity contribution < 1.29 is 22.8 Å². The first-order chi connectivity index (χ1) is 11.8. The normalized spacial score (nSPS) is 29.4. The van der Waals surface area contributed by atoms with E-state index in [4.69, 9.17) is 11.5 Å². The fourth-order valence-corrected chi connectivity index (χ4v) is 4.20. The molecule has 1 aromatic rings. The molecule has 2 heterocycles. The van der Waals surface area contributed by atoms with Crippen molar-refractivity contribution in [2.75, 3.05) is 0 Å². The first-order valence-corrected chi connectivity index (χ1v) is 8.26. The summed E-state index contributed by atoms with van der Waals surface area (Å²) in [7, 11) is 0. The molecule has 0 aromatic heterocycles. The molecule has 0 aliphatic carbocycles. The van der Waals surface area contributed by atoms with Crippen molar-refractivity contribution in [1.82, 2.24) is 5.32 Å².